The fourth-order valence-corrected chi connectivity index (χ4v) is 1.30. The number of ether oxygens (including phenoxy) is 1. The van der Waals surface area contributed by atoms with Crippen LogP contribution in [0.4, 0.5) is 5.82 Å². The Hall–Kier alpha value is -1.20. The number of hydrogen-bond acceptors (Lipinski definition) is 5. The number of nitrogens with zero attached hydrogens (tertiary/aromatic N) is 2. The van der Waals surface area contributed by atoms with E-state index in [2.05, 4.69) is 15.3 Å². The van der Waals surface area contributed by atoms with E-state index in [0.717, 1.165) is 0 Å². The first kappa shape index (κ1) is 11.9. The predicted molar refractivity (Wildman–Crippen MR) is 57.4 cm³/mol. The molecule has 0 amide bonds. The summed E-state index contributed by atoms with van der Waals surface area (Å²) in [6.07, 6.45) is 1.93. The van der Waals surface area contributed by atoms with Crippen molar-refractivity contribution in [1.29, 1.82) is 0 Å². The van der Waals surface area contributed by atoms with Crippen molar-refractivity contribution in [1.82, 2.24) is 9.97 Å². The Bertz CT molecular complexity index is 346. The molecule has 0 aliphatic carbocycles. The minimum Gasteiger partial charge on any atom is -0.383 e. The lowest BCUT2D eigenvalue weighted by Gasteiger charge is -2.14. The van der Waals surface area contributed by atoms with E-state index < -0.39 is 0 Å². The van der Waals surface area contributed by atoms with Crippen molar-refractivity contribution in [2.24, 2.45) is 0 Å². The van der Waals surface area contributed by atoms with Gasteiger partial charge in [-0.1, -0.05) is 11.6 Å². The number of methoxy groups -OCH3 is 1. The van der Waals surface area contributed by atoms with Crippen LogP contribution < -0.4 is 5.32 Å². The molecule has 1 aromatic rings. The third-order valence-corrected chi connectivity index (χ3v) is 2.05. The van der Waals surface area contributed by atoms with E-state index in [9.17, 15) is 4.79 Å². The molecule has 1 N–H and O–H groups in total. The highest BCUT2D eigenvalue weighted by Gasteiger charge is 2.10. The van der Waals surface area contributed by atoms with Crippen molar-refractivity contribution in [2.75, 3.05) is 19.0 Å². The van der Waals surface area contributed by atoms with E-state index in [0.29, 0.717) is 18.7 Å². The molecule has 1 rings (SSSR count). The van der Waals surface area contributed by atoms with Gasteiger partial charge < -0.3 is 10.1 Å². The maximum atomic E-state index is 10.8. The second-order valence-electron chi connectivity index (χ2n) is 3.05. The number of carbonyl (C=O) groups excluding carboxylic acids is 1. The van der Waals surface area contributed by atoms with Gasteiger partial charge in [-0.05, 0) is 6.92 Å². The molecule has 0 aliphatic rings. The molecule has 1 aromatic heterocycles. The summed E-state index contributed by atoms with van der Waals surface area (Å²) in [5.41, 5.74) is 0.266. The van der Waals surface area contributed by atoms with Crippen LogP contribution in [0, 0.1) is 0 Å². The lowest BCUT2D eigenvalue weighted by molar-refractivity contribution is 0.112. The van der Waals surface area contributed by atoms with Gasteiger partial charge in [0.2, 0.25) is 0 Å². The van der Waals surface area contributed by atoms with Gasteiger partial charge >= 0.3 is 0 Å². The number of hydrogen-bond donors (Lipinski definition) is 1. The summed E-state index contributed by atoms with van der Waals surface area (Å²) >= 11 is 5.74. The molecule has 0 saturated heterocycles. The van der Waals surface area contributed by atoms with Crippen molar-refractivity contribution in [3.8, 4) is 0 Å². The number of rotatable bonds is 5. The van der Waals surface area contributed by atoms with Gasteiger partial charge in [-0.3, -0.25) is 4.79 Å². The fourth-order valence-electron chi connectivity index (χ4n) is 1.12. The third-order valence-electron chi connectivity index (χ3n) is 1.75. The highest BCUT2D eigenvalue weighted by atomic mass is 35.5. The van der Waals surface area contributed by atoms with Crippen molar-refractivity contribution < 1.29 is 9.53 Å². The molecule has 0 aromatic carbocycles. The Labute approximate surface area is 92.8 Å². The van der Waals surface area contributed by atoms with Gasteiger partial charge in [0, 0.05) is 13.2 Å². The molecule has 6 heteroatoms. The molecular formula is C9H12ClN3O2. The molecule has 1 heterocycles. The monoisotopic (exact) mass is 229 g/mol. The molecule has 82 valence electrons. The molecule has 0 aliphatic heterocycles. The van der Waals surface area contributed by atoms with Gasteiger partial charge in [0.05, 0.1) is 12.2 Å². The van der Waals surface area contributed by atoms with Crippen LogP contribution in [0.3, 0.4) is 0 Å². The summed E-state index contributed by atoms with van der Waals surface area (Å²) in [5.74, 6) is 0.426. The number of aromatic nitrogens is 2. The average Bonchev–Trinajstić information content (AvgIpc) is 2.18. The summed E-state index contributed by atoms with van der Waals surface area (Å²) in [5, 5.41) is 3.16. The largest absolute Gasteiger partial charge is 0.383 e. The van der Waals surface area contributed by atoms with Crippen LogP contribution in [0.1, 0.15) is 17.3 Å². The maximum Gasteiger partial charge on any atom is 0.156 e. The first-order valence-corrected chi connectivity index (χ1v) is 4.78. The fraction of sp³-hybridized carbons (Fsp3) is 0.444. The van der Waals surface area contributed by atoms with E-state index in [-0.39, 0.29) is 16.8 Å². The Morgan fingerprint density at radius 2 is 2.40 bits per heavy atom. The highest BCUT2D eigenvalue weighted by molar-refractivity contribution is 6.32. The molecular weight excluding hydrogens is 218 g/mol. The van der Waals surface area contributed by atoms with Gasteiger partial charge in [0.25, 0.3) is 0 Å². The number of anilines is 1. The Kier molecular flexibility index (Phi) is 4.45. The predicted octanol–water partition coefficient (Wildman–Crippen LogP) is 1.39. The molecule has 0 fully saturated rings. The number of carbonyl (C=O) groups is 1. The quantitative estimate of drug-likeness (QED) is 0.611. The van der Waals surface area contributed by atoms with Crippen LogP contribution >= 0.6 is 11.6 Å². The Balaban J connectivity index is 2.84. The standard InChI is InChI=1S/C9H12ClN3O2/c1-6(4-15-2)13-9-7(3-14)8(10)11-5-12-9/h3,5-6H,4H2,1-2H3,(H,11,12,13). The molecule has 0 bridgehead atoms. The minimum absolute atomic E-state index is 0.0414. The van der Waals surface area contributed by atoms with Crippen LogP contribution in [0.5, 0.6) is 0 Å². The van der Waals surface area contributed by atoms with Crippen molar-refractivity contribution in [3.05, 3.63) is 17.0 Å². The maximum absolute atomic E-state index is 10.8. The molecule has 0 spiro atoms. The number of aldehydes is 1. The highest BCUT2D eigenvalue weighted by Crippen LogP contribution is 2.17. The van der Waals surface area contributed by atoms with E-state index in [1.165, 1.54) is 6.33 Å². The topological polar surface area (TPSA) is 64.1 Å². The number of nitrogens with one attached hydrogen (secondary N) is 1. The second-order valence-corrected chi connectivity index (χ2v) is 3.40. The molecule has 5 nitrogen and oxygen atoms in total. The zero-order valence-electron chi connectivity index (χ0n) is 8.53. The third kappa shape index (κ3) is 3.14. The van der Waals surface area contributed by atoms with Crippen LogP contribution in [0.15, 0.2) is 6.33 Å². The first-order valence-electron chi connectivity index (χ1n) is 4.40. The minimum atomic E-state index is 0.0414. The van der Waals surface area contributed by atoms with Crippen molar-refractivity contribution in [3.63, 3.8) is 0 Å². The number of halogens is 1. The zero-order valence-corrected chi connectivity index (χ0v) is 9.28. The average molecular weight is 230 g/mol. The molecule has 0 radical (unpaired) electrons. The lowest BCUT2D eigenvalue weighted by atomic mass is 10.3. The van der Waals surface area contributed by atoms with Crippen molar-refractivity contribution in [2.45, 2.75) is 13.0 Å². The summed E-state index contributed by atoms with van der Waals surface area (Å²) < 4.78 is 4.95. The van der Waals surface area contributed by atoms with Gasteiger partial charge in [-0.15, -0.1) is 0 Å². The molecule has 1 unspecified atom stereocenters. The van der Waals surface area contributed by atoms with Crippen LogP contribution in [0.2, 0.25) is 5.15 Å². The normalized spacial score (nSPS) is 12.2. The Morgan fingerprint density at radius 3 is 3.00 bits per heavy atom. The van der Waals surface area contributed by atoms with Crippen LogP contribution in [-0.2, 0) is 4.74 Å². The summed E-state index contributed by atoms with van der Waals surface area (Å²) in [6, 6.07) is 0.0414. The van der Waals surface area contributed by atoms with Gasteiger partial charge in [0.15, 0.2) is 6.29 Å². The van der Waals surface area contributed by atoms with E-state index in [1.54, 1.807) is 7.11 Å². The van der Waals surface area contributed by atoms with E-state index >= 15 is 0 Å². The van der Waals surface area contributed by atoms with Crippen LogP contribution in [0.25, 0.3) is 0 Å². The van der Waals surface area contributed by atoms with Crippen LogP contribution in [-0.4, -0.2) is 36.0 Å². The van der Waals surface area contributed by atoms with Crippen molar-refractivity contribution >= 4 is 23.7 Å². The van der Waals surface area contributed by atoms with E-state index in [4.69, 9.17) is 16.3 Å². The Morgan fingerprint density at radius 1 is 1.67 bits per heavy atom. The zero-order chi connectivity index (χ0) is 11.3. The molecule has 15 heavy (non-hydrogen) atoms. The smallest absolute Gasteiger partial charge is 0.156 e. The van der Waals surface area contributed by atoms with Gasteiger partial charge in [-0.25, -0.2) is 9.97 Å². The summed E-state index contributed by atoms with van der Waals surface area (Å²) in [7, 11) is 1.60. The lowest BCUT2D eigenvalue weighted by Crippen LogP contribution is -2.22. The van der Waals surface area contributed by atoms with E-state index in [1.807, 2.05) is 6.92 Å². The molecule has 0 saturated carbocycles. The summed E-state index contributed by atoms with van der Waals surface area (Å²) in [4.78, 5) is 18.4. The second kappa shape index (κ2) is 5.63. The van der Waals surface area contributed by atoms with Gasteiger partial charge in [-0.2, -0.15) is 0 Å². The first-order chi connectivity index (χ1) is 7.19. The SMILES string of the molecule is COCC(C)Nc1ncnc(Cl)c1C=O. The summed E-state index contributed by atoms with van der Waals surface area (Å²) in [6.45, 7) is 2.42. The van der Waals surface area contributed by atoms with Gasteiger partial charge in [0.1, 0.15) is 17.3 Å². The molecule has 1 atom stereocenters.